The molecule has 0 bridgehead atoms. The normalized spacial score (nSPS) is 13.5. The van der Waals surface area contributed by atoms with Gasteiger partial charge in [0.2, 0.25) is 5.91 Å². The molecule has 0 saturated heterocycles. The summed E-state index contributed by atoms with van der Waals surface area (Å²) in [6.45, 7) is 6.21. The molecule has 0 radical (unpaired) electrons. The summed E-state index contributed by atoms with van der Waals surface area (Å²) in [6, 6.07) is 3.56. The van der Waals surface area contributed by atoms with Crippen LogP contribution in [0.5, 0.6) is 0 Å². The van der Waals surface area contributed by atoms with Crippen LogP contribution in [0.1, 0.15) is 26.8 Å². The lowest BCUT2D eigenvalue weighted by Crippen LogP contribution is -2.39. The third kappa shape index (κ3) is 3.38. The molecule has 1 aromatic heterocycles. The minimum Gasteiger partial charge on any atom is -0.396 e. The molecule has 0 spiro atoms. The number of carbonyl (C=O) groups excluding carboxylic acids is 1. The van der Waals surface area contributed by atoms with Gasteiger partial charge in [-0.05, 0) is 19.1 Å². The van der Waals surface area contributed by atoms with Crippen LogP contribution in [-0.2, 0) is 4.79 Å². The minimum atomic E-state index is -0.272. The van der Waals surface area contributed by atoms with Crippen molar-refractivity contribution in [2.75, 3.05) is 13.2 Å². The van der Waals surface area contributed by atoms with E-state index >= 15 is 0 Å². The van der Waals surface area contributed by atoms with Gasteiger partial charge in [0.25, 0.3) is 0 Å². The molecule has 0 aliphatic carbocycles. The second-order valence-electron chi connectivity index (χ2n) is 4.85. The van der Waals surface area contributed by atoms with Gasteiger partial charge >= 0.3 is 0 Å². The first-order chi connectivity index (χ1) is 7.46. The van der Waals surface area contributed by atoms with Gasteiger partial charge in [-0.15, -0.1) is 0 Å². The van der Waals surface area contributed by atoms with E-state index < -0.39 is 0 Å². The summed E-state index contributed by atoms with van der Waals surface area (Å²) in [5.41, 5.74) is -0.272. The van der Waals surface area contributed by atoms with Crippen LogP contribution < -0.4 is 5.32 Å². The summed E-state index contributed by atoms with van der Waals surface area (Å²) in [5, 5.41) is 11.9. The van der Waals surface area contributed by atoms with Gasteiger partial charge in [-0.2, -0.15) is 0 Å². The first-order valence-corrected chi connectivity index (χ1v) is 5.47. The van der Waals surface area contributed by atoms with Gasteiger partial charge in [0.15, 0.2) is 0 Å². The third-order valence-electron chi connectivity index (χ3n) is 2.62. The van der Waals surface area contributed by atoms with Gasteiger partial charge in [0, 0.05) is 31.0 Å². The fraction of sp³-hybridized carbons (Fsp3) is 0.583. The number of aliphatic hydroxyl groups excluding tert-OH is 1. The number of hydrogen-bond donors (Lipinski definition) is 2. The first kappa shape index (κ1) is 12.8. The summed E-state index contributed by atoms with van der Waals surface area (Å²) < 4.78 is 1.85. The molecule has 2 N–H and O–H groups in total. The highest BCUT2D eigenvalue weighted by Crippen LogP contribution is 2.12. The van der Waals surface area contributed by atoms with Gasteiger partial charge in [-0.1, -0.05) is 13.8 Å². The molecule has 1 unspecified atom stereocenters. The molecule has 1 atom stereocenters. The van der Waals surface area contributed by atoms with E-state index in [9.17, 15) is 4.79 Å². The lowest BCUT2D eigenvalue weighted by Gasteiger charge is -2.23. The Hall–Kier alpha value is -1.29. The minimum absolute atomic E-state index is 0.0299. The second-order valence-corrected chi connectivity index (χ2v) is 4.85. The maximum absolute atomic E-state index is 11.8. The molecule has 0 aromatic carbocycles. The maximum Gasteiger partial charge on any atom is 0.242 e. The molecule has 1 amide bonds. The summed E-state index contributed by atoms with van der Waals surface area (Å²) >= 11 is 0. The number of amides is 1. The van der Waals surface area contributed by atoms with E-state index in [1.54, 1.807) is 0 Å². The molecule has 1 rings (SSSR count). The van der Waals surface area contributed by atoms with Gasteiger partial charge < -0.3 is 15.0 Å². The summed E-state index contributed by atoms with van der Waals surface area (Å²) in [6.07, 6.45) is 3.73. The number of aromatic nitrogens is 1. The molecule has 0 saturated carbocycles. The van der Waals surface area contributed by atoms with E-state index in [-0.39, 0.29) is 24.0 Å². The molecule has 1 aromatic rings. The number of hydrogen-bond acceptors (Lipinski definition) is 2. The van der Waals surface area contributed by atoms with E-state index in [1.165, 1.54) is 0 Å². The van der Waals surface area contributed by atoms with Crippen LogP contribution in [0.4, 0.5) is 0 Å². The Bertz CT molecular complexity index is 331. The van der Waals surface area contributed by atoms with E-state index in [4.69, 9.17) is 5.11 Å². The van der Waals surface area contributed by atoms with Crippen LogP contribution in [0, 0.1) is 5.41 Å². The van der Waals surface area contributed by atoms with Crippen molar-refractivity contribution in [1.82, 2.24) is 9.88 Å². The summed E-state index contributed by atoms with van der Waals surface area (Å²) in [5.74, 6) is -0.0299. The van der Waals surface area contributed by atoms with Crippen molar-refractivity contribution in [3.8, 4) is 0 Å². The molecule has 16 heavy (non-hydrogen) atoms. The van der Waals surface area contributed by atoms with Crippen LogP contribution in [0.25, 0.3) is 0 Å². The van der Waals surface area contributed by atoms with Crippen molar-refractivity contribution in [3.63, 3.8) is 0 Å². The Labute approximate surface area is 96.3 Å². The molecule has 4 heteroatoms. The average molecular weight is 224 g/mol. The van der Waals surface area contributed by atoms with E-state index in [2.05, 4.69) is 5.32 Å². The summed E-state index contributed by atoms with van der Waals surface area (Å²) in [4.78, 5) is 11.8. The van der Waals surface area contributed by atoms with Gasteiger partial charge in [-0.25, -0.2) is 0 Å². The molecule has 0 aliphatic heterocycles. The molecule has 90 valence electrons. The zero-order valence-corrected chi connectivity index (χ0v) is 10.1. The predicted molar refractivity (Wildman–Crippen MR) is 63.0 cm³/mol. The van der Waals surface area contributed by atoms with Crippen LogP contribution in [0.2, 0.25) is 0 Å². The Morgan fingerprint density at radius 1 is 1.44 bits per heavy atom. The zero-order valence-electron chi connectivity index (χ0n) is 10.1. The monoisotopic (exact) mass is 224 g/mol. The highest BCUT2D eigenvalue weighted by molar-refractivity contribution is 5.79. The van der Waals surface area contributed by atoms with Crippen LogP contribution >= 0.6 is 0 Å². The first-order valence-electron chi connectivity index (χ1n) is 5.47. The molecule has 1 heterocycles. The highest BCUT2D eigenvalue weighted by atomic mass is 16.3. The number of rotatable bonds is 5. The Kier molecular flexibility index (Phi) is 4.12. The largest absolute Gasteiger partial charge is 0.396 e. The fourth-order valence-electron chi connectivity index (χ4n) is 1.27. The van der Waals surface area contributed by atoms with Crippen molar-refractivity contribution in [2.45, 2.75) is 26.8 Å². The average Bonchev–Trinajstić information content (AvgIpc) is 2.78. The van der Waals surface area contributed by atoms with Crippen molar-refractivity contribution in [1.29, 1.82) is 0 Å². The maximum atomic E-state index is 11.8. The molecule has 0 fully saturated rings. The smallest absolute Gasteiger partial charge is 0.242 e. The lowest BCUT2D eigenvalue weighted by molar-refractivity contribution is -0.124. The lowest BCUT2D eigenvalue weighted by atomic mass is 9.95. The Morgan fingerprint density at radius 2 is 2.00 bits per heavy atom. The number of nitrogens with zero attached hydrogens (tertiary/aromatic N) is 1. The Morgan fingerprint density at radius 3 is 2.50 bits per heavy atom. The van der Waals surface area contributed by atoms with Crippen molar-refractivity contribution in [2.24, 2.45) is 5.41 Å². The number of nitrogens with one attached hydrogen (secondary N) is 1. The van der Waals surface area contributed by atoms with Crippen LogP contribution in [-0.4, -0.2) is 28.7 Å². The van der Waals surface area contributed by atoms with Gasteiger partial charge in [-0.3, -0.25) is 4.79 Å². The topological polar surface area (TPSA) is 54.3 Å². The van der Waals surface area contributed by atoms with E-state index in [0.29, 0.717) is 6.54 Å². The number of aliphatic hydroxyl groups is 1. The standard InChI is InChI=1S/C12H20N2O2/c1-10(14-6-4-5-7-14)11(16)13-8-12(2,3)9-15/h4-7,10,15H,8-9H2,1-3H3,(H,13,16). The van der Waals surface area contributed by atoms with Crippen molar-refractivity contribution in [3.05, 3.63) is 24.5 Å². The predicted octanol–water partition coefficient (Wildman–Crippen LogP) is 1.18. The number of carbonyl (C=O) groups is 1. The molecular weight excluding hydrogens is 204 g/mol. The van der Waals surface area contributed by atoms with E-state index in [0.717, 1.165) is 0 Å². The van der Waals surface area contributed by atoms with Crippen LogP contribution in [0.15, 0.2) is 24.5 Å². The molecule has 4 nitrogen and oxygen atoms in total. The SMILES string of the molecule is CC(C(=O)NCC(C)(C)CO)n1cccc1. The van der Waals surface area contributed by atoms with Crippen LogP contribution in [0.3, 0.4) is 0 Å². The fourth-order valence-corrected chi connectivity index (χ4v) is 1.27. The van der Waals surface area contributed by atoms with Gasteiger partial charge in [0.05, 0.1) is 0 Å². The van der Waals surface area contributed by atoms with Crippen molar-refractivity contribution < 1.29 is 9.90 Å². The second kappa shape index (κ2) is 5.16. The molecule has 0 aliphatic rings. The quantitative estimate of drug-likeness (QED) is 0.789. The summed E-state index contributed by atoms with van der Waals surface area (Å²) in [7, 11) is 0. The highest BCUT2D eigenvalue weighted by Gasteiger charge is 2.20. The molecular formula is C12H20N2O2. The van der Waals surface area contributed by atoms with Gasteiger partial charge in [0.1, 0.15) is 6.04 Å². The zero-order chi connectivity index (χ0) is 12.2. The Balaban J connectivity index is 2.47. The van der Waals surface area contributed by atoms with E-state index in [1.807, 2.05) is 49.9 Å². The van der Waals surface area contributed by atoms with Crippen molar-refractivity contribution >= 4 is 5.91 Å². The third-order valence-corrected chi connectivity index (χ3v) is 2.62.